The maximum absolute atomic E-state index is 5.72. The Balaban J connectivity index is 0.00000441. The number of hydrogen-bond donors (Lipinski definition) is 3. The fourth-order valence-corrected chi connectivity index (χ4v) is 2.01. The van der Waals surface area contributed by atoms with Crippen molar-refractivity contribution in [2.45, 2.75) is 45.3 Å². The van der Waals surface area contributed by atoms with E-state index in [0.29, 0.717) is 6.10 Å². The molecule has 1 unspecified atom stereocenters. The molecule has 0 bridgehead atoms. The van der Waals surface area contributed by atoms with Crippen molar-refractivity contribution >= 4 is 29.9 Å². The number of nitrogens with one attached hydrogen (secondary N) is 3. The Morgan fingerprint density at radius 3 is 2.55 bits per heavy atom. The van der Waals surface area contributed by atoms with Crippen molar-refractivity contribution in [2.75, 3.05) is 46.5 Å². The van der Waals surface area contributed by atoms with Crippen LogP contribution in [0.4, 0.5) is 0 Å². The zero-order valence-corrected chi connectivity index (χ0v) is 16.7. The zero-order valence-electron chi connectivity index (χ0n) is 14.4. The van der Waals surface area contributed by atoms with E-state index in [4.69, 9.17) is 9.47 Å². The van der Waals surface area contributed by atoms with Gasteiger partial charge in [-0.2, -0.15) is 0 Å². The van der Waals surface area contributed by atoms with Crippen LogP contribution in [0, 0.1) is 0 Å². The highest BCUT2D eigenvalue weighted by atomic mass is 127. The molecule has 1 rings (SSSR count). The lowest BCUT2D eigenvalue weighted by molar-refractivity contribution is 0.0420. The molecule has 0 aromatic carbocycles. The minimum atomic E-state index is 0. The van der Waals surface area contributed by atoms with Crippen LogP contribution in [0.2, 0.25) is 0 Å². The Morgan fingerprint density at radius 1 is 1.23 bits per heavy atom. The van der Waals surface area contributed by atoms with E-state index in [2.05, 4.69) is 41.7 Å². The lowest BCUT2D eigenvalue weighted by Gasteiger charge is -2.21. The Hall–Kier alpha value is -0.120. The van der Waals surface area contributed by atoms with Crippen molar-refractivity contribution in [1.29, 1.82) is 0 Å². The highest BCUT2D eigenvalue weighted by Gasteiger charge is 2.15. The number of ether oxygens (including phenoxy) is 2. The lowest BCUT2D eigenvalue weighted by Crippen LogP contribution is -2.44. The first-order valence-corrected chi connectivity index (χ1v) is 7.90. The molecule has 0 spiro atoms. The molecule has 0 saturated carbocycles. The summed E-state index contributed by atoms with van der Waals surface area (Å²) in [5.74, 6) is 0.843. The van der Waals surface area contributed by atoms with Crippen molar-refractivity contribution in [3.8, 4) is 0 Å². The maximum Gasteiger partial charge on any atom is 0.191 e. The van der Waals surface area contributed by atoms with Gasteiger partial charge in [-0.25, -0.2) is 0 Å². The number of nitrogens with zero attached hydrogens (tertiary/aromatic N) is 1. The molecule has 0 radical (unpaired) electrons. The quantitative estimate of drug-likeness (QED) is 0.236. The normalized spacial score (nSPS) is 18.9. The average molecular weight is 428 g/mol. The summed E-state index contributed by atoms with van der Waals surface area (Å²) < 4.78 is 11.0. The number of halogens is 1. The van der Waals surface area contributed by atoms with Crippen molar-refractivity contribution < 1.29 is 9.47 Å². The SMILES string of the molecule is CN=C(NCCCOC1CCOC1)NCCNC(C)(C)C.I. The van der Waals surface area contributed by atoms with E-state index in [1.165, 1.54) is 0 Å². The predicted octanol–water partition coefficient (Wildman–Crippen LogP) is 1.35. The number of hydrogen-bond acceptors (Lipinski definition) is 4. The molecule has 1 atom stereocenters. The molecule has 1 saturated heterocycles. The second-order valence-corrected chi connectivity index (χ2v) is 6.31. The maximum atomic E-state index is 5.72. The fraction of sp³-hybridized carbons (Fsp3) is 0.933. The number of aliphatic imine (C=N–C) groups is 1. The van der Waals surface area contributed by atoms with E-state index >= 15 is 0 Å². The van der Waals surface area contributed by atoms with Gasteiger partial charge in [-0.1, -0.05) is 0 Å². The number of guanidine groups is 1. The highest BCUT2D eigenvalue weighted by Crippen LogP contribution is 2.07. The third-order valence-electron chi connectivity index (χ3n) is 3.15. The fourth-order valence-electron chi connectivity index (χ4n) is 2.01. The Morgan fingerprint density at radius 2 is 1.95 bits per heavy atom. The molecule has 7 heteroatoms. The second kappa shape index (κ2) is 12.3. The van der Waals surface area contributed by atoms with Gasteiger partial charge in [0.05, 0.1) is 12.7 Å². The van der Waals surface area contributed by atoms with E-state index in [-0.39, 0.29) is 29.5 Å². The van der Waals surface area contributed by atoms with Crippen molar-refractivity contribution in [3.63, 3.8) is 0 Å². The molecular formula is C15H33IN4O2. The summed E-state index contributed by atoms with van der Waals surface area (Å²) >= 11 is 0. The molecule has 0 amide bonds. The summed E-state index contributed by atoms with van der Waals surface area (Å²) in [6, 6.07) is 0. The molecule has 1 fully saturated rings. The van der Waals surface area contributed by atoms with Crippen LogP contribution in [0.1, 0.15) is 33.6 Å². The smallest absolute Gasteiger partial charge is 0.191 e. The van der Waals surface area contributed by atoms with Gasteiger partial charge in [-0.05, 0) is 33.6 Å². The van der Waals surface area contributed by atoms with Crippen LogP contribution >= 0.6 is 24.0 Å². The van der Waals surface area contributed by atoms with E-state index in [1.54, 1.807) is 7.05 Å². The van der Waals surface area contributed by atoms with Gasteiger partial charge in [0.2, 0.25) is 0 Å². The van der Waals surface area contributed by atoms with E-state index in [1.807, 2.05) is 0 Å². The Kier molecular flexibility index (Phi) is 12.3. The summed E-state index contributed by atoms with van der Waals surface area (Å²) in [5, 5.41) is 10.0. The van der Waals surface area contributed by atoms with Crippen LogP contribution in [0.15, 0.2) is 4.99 Å². The topological polar surface area (TPSA) is 66.9 Å². The summed E-state index contributed by atoms with van der Waals surface area (Å²) in [5.41, 5.74) is 0.153. The monoisotopic (exact) mass is 428 g/mol. The predicted molar refractivity (Wildman–Crippen MR) is 102 cm³/mol. The molecule has 0 aromatic rings. The van der Waals surface area contributed by atoms with Crippen LogP contribution in [-0.4, -0.2) is 64.1 Å². The Bertz CT molecular complexity index is 302. The van der Waals surface area contributed by atoms with Gasteiger partial charge in [0.15, 0.2) is 5.96 Å². The highest BCUT2D eigenvalue weighted by molar-refractivity contribution is 14.0. The molecule has 1 heterocycles. The van der Waals surface area contributed by atoms with Crippen LogP contribution in [0.3, 0.4) is 0 Å². The first kappa shape index (κ1) is 21.9. The first-order chi connectivity index (χ1) is 10.0. The minimum absolute atomic E-state index is 0. The molecule has 132 valence electrons. The van der Waals surface area contributed by atoms with Gasteiger partial charge in [-0.15, -0.1) is 24.0 Å². The minimum Gasteiger partial charge on any atom is -0.379 e. The van der Waals surface area contributed by atoms with Crippen LogP contribution < -0.4 is 16.0 Å². The molecule has 0 aliphatic carbocycles. The summed E-state index contributed by atoms with van der Waals surface area (Å²) in [6.45, 7) is 11.5. The van der Waals surface area contributed by atoms with Crippen LogP contribution in [0.25, 0.3) is 0 Å². The van der Waals surface area contributed by atoms with Crippen molar-refractivity contribution in [3.05, 3.63) is 0 Å². The molecule has 3 N–H and O–H groups in total. The summed E-state index contributed by atoms with van der Waals surface area (Å²) in [4.78, 5) is 4.20. The van der Waals surface area contributed by atoms with Crippen molar-refractivity contribution in [1.82, 2.24) is 16.0 Å². The van der Waals surface area contributed by atoms with Gasteiger partial charge >= 0.3 is 0 Å². The van der Waals surface area contributed by atoms with Crippen molar-refractivity contribution in [2.24, 2.45) is 4.99 Å². The van der Waals surface area contributed by atoms with Gasteiger partial charge in [-0.3, -0.25) is 4.99 Å². The van der Waals surface area contributed by atoms with E-state index < -0.39 is 0 Å². The average Bonchev–Trinajstić information content (AvgIpc) is 2.92. The van der Waals surface area contributed by atoms with E-state index in [9.17, 15) is 0 Å². The van der Waals surface area contributed by atoms with Crippen LogP contribution in [0.5, 0.6) is 0 Å². The first-order valence-electron chi connectivity index (χ1n) is 7.90. The molecule has 6 nitrogen and oxygen atoms in total. The second-order valence-electron chi connectivity index (χ2n) is 6.31. The lowest BCUT2D eigenvalue weighted by atomic mass is 10.1. The number of rotatable bonds is 8. The molecular weight excluding hydrogens is 395 g/mol. The third kappa shape index (κ3) is 11.4. The largest absolute Gasteiger partial charge is 0.379 e. The van der Waals surface area contributed by atoms with Gasteiger partial charge in [0.1, 0.15) is 0 Å². The van der Waals surface area contributed by atoms with Crippen LogP contribution in [-0.2, 0) is 9.47 Å². The summed E-state index contributed by atoms with van der Waals surface area (Å²) in [7, 11) is 1.79. The molecule has 1 aliphatic rings. The summed E-state index contributed by atoms with van der Waals surface area (Å²) in [6.07, 6.45) is 2.29. The van der Waals surface area contributed by atoms with E-state index in [0.717, 1.165) is 58.3 Å². The zero-order chi connectivity index (χ0) is 15.6. The van der Waals surface area contributed by atoms with Gasteiger partial charge < -0.3 is 25.4 Å². The molecule has 1 aliphatic heterocycles. The standard InChI is InChI=1S/C15H32N4O2.HI/c1-15(2,3)19-9-8-18-14(16-4)17-7-5-10-21-13-6-11-20-12-13;/h13,19H,5-12H2,1-4H3,(H2,16,17,18);1H. The molecule has 0 aromatic heterocycles. The Labute approximate surface area is 152 Å². The van der Waals surface area contributed by atoms with Gasteiger partial charge in [0, 0.05) is 45.4 Å². The third-order valence-corrected chi connectivity index (χ3v) is 3.15. The van der Waals surface area contributed by atoms with Gasteiger partial charge in [0.25, 0.3) is 0 Å². The molecule has 22 heavy (non-hydrogen) atoms.